The summed E-state index contributed by atoms with van der Waals surface area (Å²) in [5.41, 5.74) is 3.05. The third-order valence-electron chi connectivity index (χ3n) is 4.34. The molecule has 2 N–H and O–H groups in total. The number of carbonyl (C=O) groups is 1. The molecule has 30 heavy (non-hydrogen) atoms. The van der Waals surface area contributed by atoms with Crippen LogP contribution in [0.25, 0.3) is 0 Å². The maximum Gasteiger partial charge on any atom is 0.284 e. The topological polar surface area (TPSA) is 99.6 Å². The number of hydrogen-bond acceptors (Lipinski definition) is 7. The predicted octanol–water partition coefficient (Wildman–Crippen LogP) is 3.01. The summed E-state index contributed by atoms with van der Waals surface area (Å²) in [4.78, 5) is 19.4. The largest absolute Gasteiger partial charge is 0.396 e. The minimum Gasteiger partial charge on any atom is -0.396 e. The molecule has 0 aliphatic rings. The van der Waals surface area contributed by atoms with Gasteiger partial charge < -0.3 is 10.0 Å². The van der Waals surface area contributed by atoms with Gasteiger partial charge in [-0.2, -0.15) is 0 Å². The number of aliphatic hydroxyl groups is 1. The maximum absolute atomic E-state index is 12.3. The van der Waals surface area contributed by atoms with Crippen LogP contribution in [0.1, 0.15) is 26.5 Å². The highest BCUT2D eigenvalue weighted by molar-refractivity contribution is 7.89. The number of aliphatic hydroxyl groups excluding tert-OH is 1. The first-order valence-electron chi connectivity index (χ1n) is 9.27. The SMILES string of the molecule is Cc1sc(N(Cc2ccccc2)c2ccc(CCO)cc2)nc1C(=O)NS(C)(=O)=O. The molecule has 1 heterocycles. The van der Waals surface area contributed by atoms with Crippen molar-refractivity contribution in [3.8, 4) is 0 Å². The Bertz CT molecular complexity index is 1110. The Balaban J connectivity index is 1.98. The fourth-order valence-corrected chi connectivity index (χ4v) is 4.29. The summed E-state index contributed by atoms with van der Waals surface area (Å²) in [5, 5.41) is 9.73. The molecule has 0 fully saturated rings. The number of nitrogens with zero attached hydrogens (tertiary/aromatic N) is 2. The quantitative estimate of drug-likeness (QED) is 0.553. The Hall–Kier alpha value is -2.75. The minimum absolute atomic E-state index is 0.0809. The van der Waals surface area contributed by atoms with Crippen molar-refractivity contribution in [2.45, 2.75) is 19.9 Å². The molecule has 0 unspecified atom stereocenters. The van der Waals surface area contributed by atoms with Gasteiger partial charge in [-0.05, 0) is 36.6 Å². The number of benzene rings is 2. The van der Waals surface area contributed by atoms with Gasteiger partial charge in [-0.3, -0.25) is 4.79 Å². The molecule has 0 saturated heterocycles. The Labute approximate surface area is 180 Å². The van der Waals surface area contributed by atoms with Gasteiger partial charge in [0.2, 0.25) is 10.0 Å². The third-order valence-corrected chi connectivity index (χ3v) is 5.89. The van der Waals surface area contributed by atoms with E-state index < -0.39 is 15.9 Å². The number of anilines is 2. The van der Waals surface area contributed by atoms with Gasteiger partial charge in [0.05, 0.1) is 12.8 Å². The van der Waals surface area contributed by atoms with Crippen LogP contribution in [0.2, 0.25) is 0 Å². The fourth-order valence-electron chi connectivity index (χ4n) is 2.93. The van der Waals surface area contributed by atoms with Crippen molar-refractivity contribution in [3.05, 3.63) is 76.3 Å². The van der Waals surface area contributed by atoms with E-state index in [9.17, 15) is 13.2 Å². The molecule has 0 aliphatic carbocycles. The highest BCUT2D eigenvalue weighted by atomic mass is 32.2. The molecule has 7 nitrogen and oxygen atoms in total. The smallest absolute Gasteiger partial charge is 0.284 e. The number of carbonyl (C=O) groups excluding carboxylic acids is 1. The second-order valence-electron chi connectivity index (χ2n) is 6.82. The molecule has 0 atom stereocenters. The second kappa shape index (κ2) is 9.38. The molecule has 3 rings (SSSR count). The maximum atomic E-state index is 12.3. The monoisotopic (exact) mass is 445 g/mol. The van der Waals surface area contributed by atoms with E-state index in [0.29, 0.717) is 23.0 Å². The van der Waals surface area contributed by atoms with E-state index in [2.05, 4.69) is 4.98 Å². The van der Waals surface area contributed by atoms with Crippen LogP contribution in [0.4, 0.5) is 10.8 Å². The molecule has 1 amide bonds. The highest BCUT2D eigenvalue weighted by Crippen LogP contribution is 2.33. The van der Waals surface area contributed by atoms with Crippen LogP contribution in [-0.4, -0.2) is 37.3 Å². The lowest BCUT2D eigenvalue weighted by Crippen LogP contribution is -2.30. The average Bonchev–Trinajstić information content (AvgIpc) is 3.08. The average molecular weight is 446 g/mol. The second-order valence-corrected chi connectivity index (χ2v) is 9.75. The number of hydrogen-bond donors (Lipinski definition) is 2. The molecule has 0 radical (unpaired) electrons. The summed E-state index contributed by atoms with van der Waals surface area (Å²) in [6.45, 7) is 2.35. The predicted molar refractivity (Wildman–Crippen MR) is 119 cm³/mol. The van der Waals surface area contributed by atoms with Crippen molar-refractivity contribution in [2.75, 3.05) is 17.8 Å². The van der Waals surface area contributed by atoms with Gasteiger partial charge in [0.1, 0.15) is 5.69 Å². The number of thiazole rings is 1. The molecule has 158 valence electrons. The lowest BCUT2D eigenvalue weighted by Gasteiger charge is -2.22. The lowest BCUT2D eigenvalue weighted by molar-refractivity contribution is 0.0977. The van der Waals surface area contributed by atoms with Crippen molar-refractivity contribution in [1.82, 2.24) is 9.71 Å². The fraction of sp³-hybridized carbons (Fsp3) is 0.238. The molecular formula is C21H23N3O4S2. The zero-order valence-corrected chi connectivity index (χ0v) is 18.3. The first-order valence-corrected chi connectivity index (χ1v) is 12.0. The normalized spacial score (nSPS) is 11.3. The molecule has 0 bridgehead atoms. The van der Waals surface area contributed by atoms with Gasteiger partial charge in [0, 0.05) is 17.2 Å². The first kappa shape index (κ1) is 21.9. The van der Waals surface area contributed by atoms with E-state index in [0.717, 1.165) is 23.1 Å². The van der Waals surface area contributed by atoms with Crippen molar-refractivity contribution < 1.29 is 18.3 Å². The number of aromatic nitrogens is 1. The number of nitrogens with one attached hydrogen (secondary N) is 1. The first-order chi connectivity index (χ1) is 14.3. The van der Waals surface area contributed by atoms with Crippen LogP contribution < -0.4 is 9.62 Å². The summed E-state index contributed by atoms with van der Waals surface area (Å²) < 4.78 is 24.8. The van der Waals surface area contributed by atoms with Crippen LogP contribution >= 0.6 is 11.3 Å². The van der Waals surface area contributed by atoms with Crippen LogP contribution in [0.5, 0.6) is 0 Å². The zero-order valence-electron chi connectivity index (χ0n) is 16.7. The van der Waals surface area contributed by atoms with Gasteiger partial charge in [-0.1, -0.05) is 42.5 Å². The van der Waals surface area contributed by atoms with Crippen LogP contribution in [0.3, 0.4) is 0 Å². The zero-order chi connectivity index (χ0) is 21.7. The summed E-state index contributed by atoms with van der Waals surface area (Å²) in [6, 6.07) is 17.6. The van der Waals surface area contributed by atoms with Gasteiger partial charge in [0.15, 0.2) is 5.13 Å². The van der Waals surface area contributed by atoms with Crippen molar-refractivity contribution in [2.24, 2.45) is 0 Å². The van der Waals surface area contributed by atoms with E-state index in [1.165, 1.54) is 11.3 Å². The lowest BCUT2D eigenvalue weighted by atomic mass is 10.1. The van der Waals surface area contributed by atoms with E-state index >= 15 is 0 Å². The Morgan fingerprint density at radius 3 is 2.37 bits per heavy atom. The number of amides is 1. The molecule has 1 aromatic heterocycles. The van der Waals surface area contributed by atoms with Gasteiger partial charge >= 0.3 is 0 Å². The van der Waals surface area contributed by atoms with Gasteiger partial charge in [-0.25, -0.2) is 18.1 Å². The van der Waals surface area contributed by atoms with E-state index in [1.54, 1.807) is 6.92 Å². The summed E-state index contributed by atoms with van der Waals surface area (Å²) in [6.07, 6.45) is 1.51. The number of aryl methyl sites for hydroxylation is 1. The molecule has 0 aliphatic heterocycles. The highest BCUT2D eigenvalue weighted by Gasteiger charge is 2.22. The Kier molecular flexibility index (Phi) is 6.86. The molecular weight excluding hydrogens is 422 g/mol. The summed E-state index contributed by atoms with van der Waals surface area (Å²) >= 11 is 1.32. The van der Waals surface area contributed by atoms with Crippen molar-refractivity contribution in [1.29, 1.82) is 0 Å². The van der Waals surface area contributed by atoms with Crippen LogP contribution in [-0.2, 0) is 23.0 Å². The van der Waals surface area contributed by atoms with Crippen LogP contribution in [0.15, 0.2) is 54.6 Å². The van der Waals surface area contributed by atoms with Crippen molar-refractivity contribution in [3.63, 3.8) is 0 Å². The van der Waals surface area contributed by atoms with Gasteiger partial charge in [0.25, 0.3) is 5.91 Å². The number of rotatable bonds is 8. The molecule has 0 spiro atoms. The molecule has 0 saturated carbocycles. The third kappa shape index (κ3) is 5.65. The van der Waals surface area contributed by atoms with Gasteiger partial charge in [-0.15, -0.1) is 11.3 Å². The van der Waals surface area contributed by atoms with E-state index in [4.69, 9.17) is 5.11 Å². The molecule has 9 heteroatoms. The Morgan fingerprint density at radius 1 is 1.10 bits per heavy atom. The Morgan fingerprint density at radius 2 is 1.77 bits per heavy atom. The van der Waals surface area contributed by atoms with E-state index in [-0.39, 0.29) is 12.3 Å². The minimum atomic E-state index is -3.68. The van der Waals surface area contributed by atoms with Crippen LogP contribution in [0, 0.1) is 6.92 Å². The summed E-state index contributed by atoms with van der Waals surface area (Å²) in [5.74, 6) is -0.740. The summed E-state index contributed by atoms with van der Waals surface area (Å²) in [7, 11) is -3.68. The molecule has 2 aromatic carbocycles. The molecule has 3 aromatic rings. The van der Waals surface area contributed by atoms with E-state index in [1.807, 2.05) is 64.2 Å². The van der Waals surface area contributed by atoms with Crippen molar-refractivity contribution >= 4 is 38.1 Å². The standard InChI is InChI=1S/C21H23N3O4S2/c1-15-19(20(26)23-30(2,27)28)22-21(29-15)24(14-17-6-4-3-5-7-17)18-10-8-16(9-11-18)12-13-25/h3-11,25H,12-14H2,1-2H3,(H,23,26). The number of sulfonamides is 1.